The topological polar surface area (TPSA) is 84.2 Å². The molecule has 0 atom stereocenters. The van der Waals surface area contributed by atoms with Crippen LogP contribution < -0.4 is 10.6 Å². The molecule has 6 nitrogen and oxygen atoms in total. The van der Waals surface area contributed by atoms with Gasteiger partial charge in [-0.2, -0.15) is 0 Å². The summed E-state index contributed by atoms with van der Waals surface area (Å²) >= 11 is 3.37. The molecule has 1 heterocycles. The largest absolute Gasteiger partial charge is 0.361 e. The maximum atomic E-state index is 12.0. The molecule has 1 aromatic carbocycles. The molecule has 23 heavy (non-hydrogen) atoms. The molecule has 0 radical (unpaired) electrons. The van der Waals surface area contributed by atoms with Crippen molar-refractivity contribution in [2.75, 3.05) is 11.9 Å². The normalized spacial score (nSPS) is 10.4. The Morgan fingerprint density at radius 1 is 1.26 bits per heavy atom. The van der Waals surface area contributed by atoms with E-state index in [0.717, 1.165) is 15.7 Å². The van der Waals surface area contributed by atoms with Gasteiger partial charge in [0, 0.05) is 23.1 Å². The first-order valence-electron chi connectivity index (χ1n) is 7.15. The lowest BCUT2D eigenvalue weighted by Gasteiger charge is -2.09. The highest BCUT2D eigenvalue weighted by atomic mass is 79.9. The van der Waals surface area contributed by atoms with Crippen molar-refractivity contribution in [3.05, 3.63) is 45.3 Å². The summed E-state index contributed by atoms with van der Waals surface area (Å²) in [6.45, 7) is 5.54. The van der Waals surface area contributed by atoms with Gasteiger partial charge >= 0.3 is 0 Å². The molecule has 0 saturated carbocycles. The lowest BCUT2D eigenvalue weighted by atomic mass is 10.2. The Kier molecular flexibility index (Phi) is 5.54. The Bertz CT molecular complexity index is 721. The minimum absolute atomic E-state index is 0.162. The predicted molar refractivity (Wildman–Crippen MR) is 90.4 cm³/mol. The molecule has 0 saturated heterocycles. The molecule has 0 unspecified atom stereocenters. The van der Waals surface area contributed by atoms with Crippen molar-refractivity contribution in [2.45, 2.75) is 27.2 Å². The van der Waals surface area contributed by atoms with Crippen molar-refractivity contribution in [3.63, 3.8) is 0 Å². The monoisotopic (exact) mass is 379 g/mol. The summed E-state index contributed by atoms with van der Waals surface area (Å²) in [5.41, 5.74) is 2.69. The number of nitrogens with one attached hydrogen (secondary N) is 2. The standard InChI is InChI=1S/C16H18BrN3O3/c1-9-4-5-12(17)8-13(9)19-14(21)6-7-18-16(22)15-10(2)20-23-11(15)3/h4-5,8H,6-7H2,1-3H3,(H,18,22)(H,19,21). The third kappa shape index (κ3) is 4.41. The highest BCUT2D eigenvalue weighted by Crippen LogP contribution is 2.20. The predicted octanol–water partition coefficient (Wildman–Crippen LogP) is 3.12. The van der Waals surface area contributed by atoms with Gasteiger partial charge in [-0.3, -0.25) is 9.59 Å². The molecule has 0 fully saturated rings. The van der Waals surface area contributed by atoms with Crippen molar-refractivity contribution in [1.82, 2.24) is 10.5 Å². The number of hydrogen-bond donors (Lipinski definition) is 2. The molecule has 0 aliphatic carbocycles. The minimum Gasteiger partial charge on any atom is -0.361 e. The van der Waals surface area contributed by atoms with Crippen LogP contribution in [0.5, 0.6) is 0 Å². The zero-order chi connectivity index (χ0) is 17.0. The van der Waals surface area contributed by atoms with Crippen LogP contribution in [0.15, 0.2) is 27.2 Å². The van der Waals surface area contributed by atoms with Gasteiger partial charge in [0.05, 0.1) is 5.69 Å². The molecular weight excluding hydrogens is 362 g/mol. The molecule has 0 bridgehead atoms. The summed E-state index contributed by atoms with van der Waals surface area (Å²) in [5.74, 6) is 0.0205. The van der Waals surface area contributed by atoms with Crippen LogP contribution in [0.1, 0.15) is 33.8 Å². The maximum absolute atomic E-state index is 12.0. The van der Waals surface area contributed by atoms with Crippen LogP contribution in [0.25, 0.3) is 0 Å². The van der Waals surface area contributed by atoms with E-state index in [9.17, 15) is 9.59 Å². The van der Waals surface area contributed by atoms with E-state index in [-0.39, 0.29) is 24.8 Å². The molecule has 2 rings (SSSR count). The number of hydrogen-bond acceptors (Lipinski definition) is 4. The third-order valence-electron chi connectivity index (χ3n) is 3.37. The SMILES string of the molecule is Cc1ccc(Br)cc1NC(=O)CCNC(=O)c1c(C)noc1C. The lowest BCUT2D eigenvalue weighted by Crippen LogP contribution is -2.28. The van der Waals surface area contributed by atoms with Crippen molar-refractivity contribution in [2.24, 2.45) is 0 Å². The highest BCUT2D eigenvalue weighted by molar-refractivity contribution is 9.10. The van der Waals surface area contributed by atoms with E-state index in [4.69, 9.17) is 4.52 Å². The van der Waals surface area contributed by atoms with Gasteiger partial charge in [0.2, 0.25) is 5.91 Å². The Morgan fingerprint density at radius 3 is 2.65 bits per heavy atom. The van der Waals surface area contributed by atoms with Crippen molar-refractivity contribution in [1.29, 1.82) is 0 Å². The van der Waals surface area contributed by atoms with Crippen LogP contribution in [0.3, 0.4) is 0 Å². The second kappa shape index (κ2) is 7.41. The van der Waals surface area contributed by atoms with E-state index in [1.54, 1.807) is 13.8 Å². The van der Waals surface area contributed by atoms with Crippen LogP contribution in [0.2, 0.25) is 0 Å². The summed E-state index contributed by atoms with van der Waals surface area (Å²) < 4.78 is 5.85. The maximum Gasteiger partial charge on any atom is 0.256 e. The first-order chi connectivity index (χ1) is 10.9. The van der Waals surface area contributed by atoms with Crippen molar-refractivity contribution < 1.29 is 14.1 Å². The number of aromatic nitrogens is 1. The number of rotatable bonds is 5. The van der Waals surface area contributed by atoms with Crippen LogP contribution >= 0.6 is 15.9 Å². The van der Waals surface area contributed by atoms with Crippen LogP contribution in [-0.4, -0.2) is 23.5 Å². The molecule has 2 aromatic rings. The van der Waals surface area contributed by atoms with Crippen molar-refractivity contribution in [3.8, 4) is 0 Å². The van der Waals surface area contributed by atoms with Gasteiger partial charge in [-0.25, -0.2) is 0 Å². The van der Waals surface area contributed by atoms with Gasteiger partial charge < -0.3 is 15.2 Å². The van der Waals surface area contributed by atoms with Crippen molar-refractivity contribution >= 4 is 33.4 Å². The molecule has 0 aliphatic rings. The van der Waals surface area contributed by atoms with Crippen LogP contribution in [-0.2, 0) is 4.79 Å². The Balaban J connectivity index is 1.85. The van der Waals surface area contributed by atoms with Crippen LogP contribution in [0.4, 0.5) is 5.69 Å². The van der Waals surface area contributed by atoms with Gasteiger partial charge in [0.1, 0.15) is 11.3 Å². The fraction of sp³-hybridized carbons (Fsp3) is 0.312. The Morgan fingerprint density at radius 2 is 2.00 bits per heavy atom. The third-order valence-corrected chi connectivity index (χ3v) is 3.87. The second-order valence-corrected chi connectivity index (χ2v) is 6.13. The van der Waals surface area contributed by atoms with Crippen LogP contribution in [0, 0.1) is 20.8 Å². The number of carbonyl (C=O) groups is 2. The Labute approximate surface area is 142 Å². The number of benzene rings is 1. The quantitative estimate of drug-likeness (QED) is 0.835. The number of aryl methyl sites for hydroxylation is 3. The second-order valence-electron chi connectivity index (χ2n) is 5.21. The number of carbonyl (C=O) groups excluding carboxylic acids is 2. The van der Waals surface area contributed by atoms with E-state index in [2.05, 4.69) is 31.7 Å². The molecule has 2 amide bonds. The van der Waals surface area contributed by atoms with Gasteiger partial charge in [0.25, 0.3) is 5.91 Å². The summed E-state index contributed by atoms with van der Waals surface area (Å²) in [4.78, 5) is 24.0. The molecule has 2 N–H and O–H groups in total. The summed E-state index contributed by atoms with van der Waals surface area (Å²) in [6.07, 6.45) is 0.182. The van der Waals surface area contributed by atoms with E-state index in [1.165, 1.54) is 0 Å². The van der Waals surface area contributed by atoms with E-state index in [0.29, 0.717) is 17.0 Å². The van der Waals surface area contributed by atoms with Gasteiger partial charge in [-0.1, -0.05) is 27.2 Å². The lowest BCUT2D eigenvalue weighted by molar-refractivity contribution is -0.116. The zero-order valence-electron chi connectivity index (χ0n) is 13.2. The summed E-state index contributed by atoms with van der Waals surface area (Å²) in [5, 5.41) is 9.27. The molecule has 7 heteroatoms. The fourth-order valence-electron chi connectivity index (χ4n) is 2.13. The first-order valence-corrected chi connectivity index (χ1v) is 7.95. The van der Waals surface area contributed by atoms with E-state index >= 15 is 0 Å². The zero-order valence-corrected chi connectivity index (χ0v) is 14.8. The van der Waals surface area contributed by atoms with E-state index in [1.807, 2.05) is 25.1 Å². The van der Waals surface area contributed by atoms with E-state index < -0.39 is 0 Å². The minimum atomic E-state index is -0.285. The van der Waals surface area contributed by atoms with Gasteiger partial charge in [0.15, 0.2) is 0 Å². The average Bonchev–Trinajstić information content (AvgIpc) is 2.82. The molecule has 1 aromatic heterocycles. The number of nitrogens with zero attached hydrogens (tertiary/aromatic N) is 1. The fourth-order valence-corrected chi connectivity index (χ4v) is 2.49. The summed E-state index contributed by atoms with van der Waals surface area (Å²) in [7, 11) is 0. The molecule has 122 valence electrons. The number of amides is 2. The molecule has 0 aliphatic heterocycles. The van der Waals surface area contributed by atoms with Gasteiger partial charge in [-0.15, -0.1) is 0 Å². The number of anilines is 1. The smallest absolute Gasteiger partial charge is 0.256 e. The average molecular weight is 380 g/mol. The molecular formula is C16H18BrN3O3. The highest BCUT2D eigenvalue weighted by Gasteiger charge is 2.17. The summed E-state index contributed by atoms with van der Waals surface area (Å²) in [6, 6.07) is 5.67. The van der Waals surface area contributed by atoms with Gasteiger partial charge in [-0.05, 0) is 38.5 Å². The molecule has 0 spiro atoms. The first kappa shape index (κ1) is 17.2. The number of halogens is 1. The Hall–Kier alpha value is -2.15.